The van der Waals surface area contributed by atoms with Crippen molar-refractivity contribution in [3.63, 3.8) is 0 Å². The van der Waals surface area contributed by atoms with E-state index in [1.165, 1.54) is 7.11 Å². The predicted molar refractivity (Wildman–Crippen MR) is 44.5 cm³/mol. The summed E-state index contributed by atoms with van der Waals surface area (Å²) in [6.45, 7) is 5.67. The van der Waals surface area contributed by atoms with E-state index in [9.17, 15) is 4.57 Å². The maximum Gasteiger partial charge on any atom is 0.221 e. The molecule has 0 aromatic rings. The Morgan fingerprint density at radius 2 is 2.00 bits per heavy atom. The van der Waals surface area contributed by atoms with Crippen LogP contribution in [-0.2, 0) is 9.09 Å². The smallest absolute Gasteiger partial charge is 0.221 e. The second kappa shape index (κ2) is 3.95. The molecule has 3 heteroatoms. The molecule has 0 amide bonds. The van der Waals surface area contributed by atoms with Gasteiger partial charge in [0.15, 0.2) is 0 Å². The molecule has 0 heterocycles. The standard InChI is InChI=1S/C7H15O2P/c1-7(2)5-6-10(4,8)9-3/h5-7H,1-4H3/b6-5+. The van der Waals surface area contributed by atoms with Crippen LogP contribution in [0.3, 0.4) is 0 Å². The molecule has 1 atom stereocenters. The molecule has 0 saturated heterocycles. The lowest BCUT2D eigenvalue weighted by molar-refractivity contribution is 0.407. The van der Waals surface area contributed by atoms with Crippen LogP contribution in [0.2, 0.25) is 0 Å². The van der Waals surface area contributed by atoms with Gasteiger partial charge in [-0.1, -0.05) is 19.9 Å². The van der Waals surface area contributed by atoms with Gasteiger partial charge in [0.2, 0.25) is 7.37 Å². The summed E-state index contributed by atoms with van der Waals surface area (Å²) < 4.78 is 15.9. The number of rotatable bonds is 3. The summed E-state index contributed by atoms with van der Waals surface area (Å²) in [5, 5.41) is 0. The Balaban J connectivity index is 4.00. The molecule has 0 bridgehead atoms. The van der Waals surface area contributed by atoms with Crippen LogP contribution in [0.1, 0.15) is 13.8 Å². The van der Waals surface area contributed by atoms with Crippen LogP contribution in [0, 0.1) is 5.92 Å². The first kappa shape index (κ1) is 9.93. The molecule has 2 nitrogen and oxygen atoms in total. The average molecular weight is 162 g/mol. The van der Waals surface area contributed by atoms with Gasteiger partial charge >= 0.3 is 0 Å². The summed E-state index contributed by atoms with van der Waals surface area (Å²) in [6, 6.07) is 0. The molecule has 1 unspecified atom stereocenters. The zero-order valence-corrected chi connectivity index (χ0v) is 7.89. The zero-order chi connectivity index (χ0) is 8.20. The maximum atomic E-state index is 11.2. The molecule has 0 aliphatic carbocycles. The molecular weight excluding hydrogens is 147 g/mol. The molecular formula is C7H15O2P. The lowest BCUT2D eigenvalue weighted by Gasteiger charge is -2.03. The Morgan fingerprint density at radius 3 is 2.30 bits per heavy atom. The van der Waals surface area contributed by atoms with Crippen LogP contribution in [0.4, 0.5) is 0 Å². The largest absolute Gasteiger partial charge is 0.329 e. The monoisotopic (exact) mass is 162 g/mol. The second-order valence-electron chi connectivity index (χ2n) is 2.68. The van der Waals surface area contributed by atoms with E-state index in [0.29, 0.717) is 5.92 Å². The first-order valence-electron chi connectivity index (χ1n) is 3.30. The zero-order valence-electron chi connectivity index (χ0n) is 7.00. The summed E-state index contributed by atoms with van der Waals surface area (Å²) in [5.41, 5.74) is 0. The summed E-state index contributed by atoms with van der Waals surface area (Å²) in [7, 11) is -0.944. The molecule has 0 fully saturated rings. The first-order chi connectivity index (χ1) is 4.48. The highest BCUT2D eigenvalue weighted by molar-refractivity contribution is 7.61. The van der Waals surface area contributed by atoms with Gasteiger partial charge in [0, 0.05) is 13.8 Å². The minimum absolute atomic E-state index is 0.434. The van der Waals surface area contributed by atoms with Crippen LogP contribution in [-0.4, -0.2) is 13.8 Å². The van der Waals surface area contributed by atoms with Crippen molar-refractivity contribution in [3.8, 4) is 0 Å². The topological polar surface area (TPSA) is 26.3 Å². The minimum Gasteiger partial charge on any atom is -0.329 e. The Kier molecular flexibility index (Phi) is 3.92. The first-order valence-corrected chi connectivity index (χ1v) is 5.44. The van der Waals surface area contributed by atoms with Gasteiger partial charge in [0.25, 0.3) is 0 Å². The van der Waals surface area contributed by atoms with E-state index in [4.69, 9.17) is 4.52 Å². The summed E-state index contributed by atoms with van der Waals surface area (Å²) in [4.78, 5) is 0. The molecule has 0 aliphatic rings. The third-order valence-corrected chi connectivity index (χ3v) is 2.54. The fourth-order valence-electron chi connectivity index (χ4n) is 0.389. The van der Waals surface area contributed by atoms with Gasteiger partial charge in [0.1, 0.15) is 0 Å². The SMILES string of the molecule is COP(C)(=O)/C=C/C(C)C. The van der Waals surface area contributed by atoms with E-state index in [-0.39, 0.29) is 0 Å². The molecule has 0 aromatic carbocycles. The Labute approximate surface area is 62.7 Å². The van der Waals surface area contributed by atoms with Crippen LogP contribution in [0.5, 0.6) is 0 Å². The third-order valence-electron chi connectivity index (χ3n) is 1.10. The van der Waals surface area contributed by atoms with E-state index in [0.717, 1.165) is 0 Å². The van der Waals surface area contributed by atoms with E-state index in [2.05, 4.69) is 0 Å². The number of hydrogen-bond donors (Lipinski definition) is 0. The molecule has 0 spiro atoms. The molecule has 60 valence electrons. The van der Waals surface area contributed by atoms with Crippen molar-refractivity contribution >= 4 is 7.37 Å². The third kappa shape index (κ3) is 4.78. The maximum absolute atomic E-state index is 11.2. The fraction of sp³-hybridized carbons (Fsp3) is 0.714. The van der Waals surface area contributed by atoms with Crippen molar-refractivity contribution in [3.05, 3.63) is 11.9 Å². The normalized spacial score (nSPS) is 18.1. The second-order valence-corrected chi connectivity index (χ2v) is 5.16. The lowest BCUT2D eigenvalue weighted by atomic mass is 10.2. The fourth-order valence-corrected chi connectivity index (χ4v) is 1.17. The quantitative estimate of drug-likeness (QED) is 0.596. The van der Waals surface area contributed by atoms with Gasteiger partial charge in [-0.15, -0.1) is 0 Å². The van der Waals surface area contributed by atoms with E-state index in [1.54, 1.807) is 12.5 Å². The molecule has 0 aliphatic heterocycles. The van der Waals surface area contributed by atoms with Crippen LogP contribution in [0.25, 0.3) is 0 Å². The van der Waals surface area contributed by atoms with Gasteiger partial charge in [-0.05, 0) is 11.7 Å². The summed E-state index contributed by atoms with van der Waals surface area (Å²) in [6.07, 6.45) is 1.89. The van der Waals surface area contributed by atoms with Crippen LogP contribution < -0.4 is 0 Å². The van der Waals surface area contributed by atoms with Gasteiger partial charge in [0.05, 0.1) is 0 Å². The highest BCUT2D eigenvalue weighted by Gasteiger charge is 2.06. The molecule has 10 heavy (non-hydrogen) atoms. The van der Waals surface area contributed by atoms with Crippen molar-refractivity contribution in [1.29, 1.82) is 0 Å². The van der Waals surface area contributed by atoms with Gasteiger partial charge in [-0.3, -0.25) is 4.57 Å². The lowest BCUT2D eigenvalue weighted by Crippen LogP contribution is -1.80. The Morgan fingerprint density at radius 1 is 1.50 bits per heavy atom. The van der Waals surface area contributed by atoms with E-state index < -0.39 is 7.37 Å². The molecule has 0 radical (unpaired) electrons. The predicted octanol–water partition coefficient (Wildman–Crippen LogP) is 2.71. The highest BCUT2D eigenvalue weighted by atomic mass is 31.2. The van der Waals surface area contributed by atoms with Crippen LogP contribution >= 0.6 is 7.37 Å². The Hall–Kier alpha value is -0.0700. The van der Waals surface area contributed by atoms with Crippen molar-refractivity contribution in [2.75, 3.05) is 13.8 Å². The minimum atomic E-state index is -2.41. The van der Waals surface area contributed by atoms with Crippen molar-refractivity contribution < 1.29 is 9.09 Å². The number of hydrogen-bond acceptors (Lipinski definition) is 2. The summed E-state index contributed by atoms with van der Waals surface area (Å²) >= 11 is 0. The van der Waals surface area contributed by atoms with E-state index in [1.807, 2.05) is 19.9 Å². The van der Waals surface area contributed by atoms with Gasteiger partial charge in [-0.25, -0.2) is 0 Å². The van der Waals surface area contributed by atoms with Crippen molar-refractivity contribution in [1.82, 2.24) is 0 Å². The molecule has 0 aromatic heterocycles. The van der Waals surface area contributed by atoms with Gasteiger partial charge < -0.3 is 4.52 Å². The number of allylic oxidation sites excluding steroid dienone is 1. The summed E-state index contributed by atoms with van der Waals surface area (Å²) in [5.74, 6) is 2.08. The molecule has 0 rings (SSSR count). The van der Waals surface area contributed by atoms with Crippen molar-refractivity contribution in [2.45, 2.75) is 13.8 Å². The highest BCUT2D eigenvalue weighted by Crippen LogP contribution is 2.43. The molecule has 0 N–H and O–H groups in total. The Bertz CT molecular complexity index is 161. The molecule has 0 saturated carbocycles. The van der Waals surface area contributed by atoms with Crippen LogP contribution in [0.15, 0.2) is 11.9 Å². The average Bonchev–Trinajstić information content (AvgIpc) is 1.85. The van der Waals surface area contributed by atoms with Gasteiger partial charge in [-0.2, -0.15) is 0 Å². The van der Waals surface area contributed by atoms with E-state index >= 15 is 0 Å². The van der Waals surface area contributed by atoms with Crippen molar-refractivity contribution in [2.24, 2.45) is 5.92 Å².